The number of aromatic nitrogens is 1. The zero-order valence-corrected chi connectivity index (χ0v) is 16.2. The van der Waals surface area contributed by atoms with Crippen molar-refractivity contribution in [2.45, 2.75) is 33.0 Å². The Morgan fingerprint density at radius 1 is 1.07 bits per heavy atom. The minimum atomic E-state index is -0.407. The van der Waals surface area contributed by atoms with Gasteiger partial charge in [-0.25, -0.2) is 0 Å². The van der Waals surface area contributed by atoms with Crippen LogP contribution < -0.4 is 4.74 Å². The molecule has 4 nitrogen and oxygen atoms in total. The largest absolute Gasteiger partial charge is 0.487 e. The maximum absolute atomic E-state index is 9.25. The van der Waals surface area contributed by atoms with Gasteiger partial charge in [0.05, 0.1) is 18.4 Å². The van der Waals surface area contributed by atoms with Crippen LogP contribution in [-0.4, -0.2) is 17.3 Å². The van der Waals surface area contributed by atoms with E-state index in [1.54, 1.807) is 0 Å². The first-order chi connectivity index (χ1) is 13.1. The first kappa shape index (κ1) is 19.0. The lowest BCUT2D eigenvalue weighted by Gasteiger charge is -2.13. The van der Waals surface area contributed by atoms with Crippen LogP contribution in [0.2, 0.25) is 0 Å². The number of nitriles is 1. The molecule has 3 rings (SSSR count). The predicted molar refractivity (Wildman–Crippen MR) is 108 cm³/mol. The summed E-state index contributed by atoms with van der Waals surface area (Å²) in [6.45, 7) is 5.28. The quantitative estimate of drug-likeness (QED) is 0.575. The molecule has 0 aliphatic carbocycles. The van der Waals surface area contributed by atoms with Crippen molar-refractivity contribution >= 4 is 10.9 Å². The van der Waals surface area contributed by atoms with E-state index in [-0.39, 0.29) is 0 Å². The fourth-order valence-corrected chi connectivity index (χ4v) is 3.03. The van der Waals surface area contributed by atoms with Crippen LogP contribution in [0.15, 0.2) is 54.6 Å². The lowest BCUT2D eigenvalue weighted by molar-refractivity contribution is 0.0698. The summed E-state index contributed by atoms with van der Waals surface area (Å²) in [5, 5.41) is 10.5. The molecule has 27 heavy (non-hydrogen) atoms. The maximum atomic E-state index is 9.25. The van der Waals surface area contributed by atoms with Crippen LogP contribution in [0.1, 0.15) is 25.1 Å². The Morgan fingerprint density at radius 2 is 1.81 bits per heavy atom. The van der Waals surface area contributed by atoms with E-state index < -0.39 is 6.10 Å². The van der Waals surface area contributed by atoms with Gasteiger partial charge >= 0.3 is 0 Å². The molecule has 0 amide bonds. The Labute approximate surface area is 160 Å². The van der Waals surface area contributed by atoms with Crippen LogP contribution in [-0.2, 0) is 24.8 Å². The monoisotopic (exact) mass is 362 g/mol. The van der Waals surface area contributed by atoms with Crippen LogP contribution >= 0.6 is 0 Å². The molecule has 0 saturated carbocycles. The van der Waals surface area contributed by atoms with E-state index in [1.807, 2.05) is 36.4 Å². The number of hydrogen-bond donors (Lipinski definition) is 0. The van der Waals surface area contributed by atoms with Gasteiger partial charge in [0.1, 0.15) is 18.5 Å². The lowest BCUT2D eigenvalue weighted by Crippen LogP contribution is -2.17. The third-order valence-corrected chi connectivity index (χ3v) is 4.56. The van der Waals surface area contributed by atoms with Crippen LogP contribution in [0.25, 0.3) is 10.9 Å². The Morgan fingerprint density at radius 3 is 2.48 bits per heavy atom. The molecule has 1 atom stereocenters. The fraction of sp³-hybridized carbons (Fsp3) is 0.348. The van der Waals surface area contributed by atoms with Gasteiger partial charge in [-0.1, -0.05) is 44.2 Å². The summed E-state index contributed by atoms with van der Waals surface area (Å²) in [4.78, 5) is 0. The van der Waals surface area contributed by atoms with Crippen molar-refractivity contribution in [1.82, 2.24) is 4.57 Å². The Hall–Kier alpha value is -2.77. The molecule has 0 radical (unpaired) electrons. The number of benzene rings is 2. The molecule has 0 aliphatic heterocycles. The molecule has 1 unspecified atom stereocenters. The number of ether oxygens (including phenoxy) is 2. The third-order valence-electron chi connectivity index (χ3n) is 4.56. The first-order valence-corrected chi connectivity index (χ1v) is 9.33. The molecule has 3 aromatic rings. The van der Waals surface area contributed by atoms with Gasteiger partial charge in [0, 0.05) is 19.0 Å². The number of aryl methyl sites for hydroxylation is 1. The highest BCUT2D eigenvalue weighted by atomic mass is 16.5. The molecule has 1 aromatic heterocycles. The molecular formula is C23H26N2O2. The Kier molecular flexibility index (Phi) is 6.16. The molecular weight excluding hydrogens is 336 g/mol. The Balaban J connectivity index is 1.58. The number of para-hydroxylation sites is 1. The fourth-order valence-electron chi connectivity index (χ4n) is 3.03. The molecule has 4 heteroatoms. The second-order valence-electron chi connectivity index (χ2n) is 7.24. The second kappa shape index (κ2) is 8.75. The standard InChI is InChI=1S/C23H26N2O2/c1-17(2)15-26-22(14-24)12-18-8-10-21(11-9-18)27-16-20-13-19-6-4-5-7-23(19)25(20)3/h4-11,13,17,22H,12,15-16H2,1-3H3. The highest BCUT2D eigenvalue weighted by molar-refractivity contribution is 5.81. The van der Waals surface area contributed by atoms with Crippen molar-refractivity contribution in [3.8, 4) is 11.8 Å². The molecule has 0 N–H and O–H groups in total. The van der Waals surface area contributed by atoms with Gasteiger partial charge in [0.25, 0.3) is 0 Å². The van der Waals surface area contributed by atoms with Gasteiger partial charge < -0.3 is 14.0 Å². The van der Waals surface area contributed by atoms with Crippen molar-refractivity contribution in [3.63, 3.8) is 0 Å². The van der Waals surface area contributed by atoms with Crippen molar-refractivity contribution in [2.24, 2.45) is 13.0 Å². The normalized spacial score (nSPS) is 12.3. The van der Waals surface area contributed by atoms with Crippen molar-refractivity contribution in [2.75, 3.05) is 6.61 Å². The van der Waals surface area contributed by atoms with Crippen LogP contribution in [0, 0.1) is 17.2 Å². The van der Waals surface area contributed by atoms with Crippen LogP contribution in [0.4, 0.5) is 0 Å². The summed E-state index contributed by atoms with van der Waals surface area (Å²) in [7, 11) is 2.06. The molecule has 1 heterocycles. The van der Waals surface area contributed by atoms with Crippen molar-refractivity contribution in [3.05, 3.63) is 65.9 Å². The number of nitrogens with zero attached hydrogens (tertiary/aromatic N) is 2. The van der Waals surface area contributed by atoms with Gasteiger partial charge in [0.2, 0.25) is 0 Å². The first-order valence-electron chi connectivity index (χ1n) is 9.33. The molecule has 0 spiro atoms. The molecule has 0 fully saturated rings. The van der Waals surface area contributed by atoms with Crippen molar-refractivity contribution in [1.29, 1.82) is 5.26 Å². The van der Waals surface area contributed by atoms with Gasteiger partial charge in [-0.2, -0.15) is 5.26 Å². The van der Waals surface area contributed by atoms with E-state index in [9.17, 15) is 5.26 Å². The van der Waals surface area contributed by atoms with Crippen LogP contribution in [0.5, 0.6) is 5.75 Å². The zero-order valence-electron chi connectivity index (χ0n) is 16.2. The third kappa shape index (κ3) is 4.90. The summed E-state index contributed by atoms with van der Waals surface area (Å²) in [5.74, 6) is 1.24. The average molecular weight is 362 g/mol. The highest BCUT2D eigenvalue weighted by Crippen LogP contribution is 2.21. The number of fused-ring (bicyclic) bond motifs is 1. The van der Waals surface area contributed by atoms with Crippen molar-refractivity contribution < 1.29 is 9.47 Å². The van der Waals surface area contributed by atoms with Gasteiger partial charge in [-0.15, -0.1) is 0 Å². The highest BCUT2D eigenvalue weighted by Gasteiger charge is 2.10. The van der Waals surface area contributed by atoms with E-state index in [0.717, 1.165) is 17.0 Å². The smallest absolute Gasteiger partial charge is 0.148 e. The van der Waals surface area contributed by atoms with E-state index in [2.05, 4.69) is 49.7 Å². The van der Waals surface area contributed by atoms with E-state index in [0.29, 0.717) is 25.6 Å². The molecule has 0 saturated heterocycles. The Bertz CT molecular complexity index is 920. The van der Waals surface area contributed by atoms with Gasteiger partial charge in [-0.05, 0) is 41.1 Å². The topological polar surface area (TPSA) is 47.2 Å². The predicted octanol–water partition coefficient (Wildman–Crippen LogP) is 4.86. The lowest BCUT2D eigenvalue weighted by atomic mass is 10.1. The molecule has 140 valence electrons. The molecule has 2 aromatic carbocycles. The summed E-state index contributed by atoms with van der Waals surface area (Å²) < 4.78 is 13.7. The summed E-state index contributed by atoms with van der Waals surface area (Å²) in [5.41, 5.74) is 3.41. The summed E-state index contributed by atoms with van der Waals surface area (Å²) in [6, 6.07) is 20.6. The van der Waals surface area contributed by atoms with E-state index in [1.165, 1.54) is 10.9 Å². The second-order valence-corrected chi connectivity index (χ2v) is 7.24. The summed E-state index contributed by atoms with van der Waals surface area (Å²) >= 11 is 0. The zero-order chi connectivity index (χ0) is 19.2. The average Bonchev–Trinajstić information content (AvgIpc) is 3.00. The minimum Gasteiger partial charge on any atom is -0.487 e. The molecule has 0 aliphatic rings. The van der Waals surface area contributed by atoms with E-state index in [4.69, 9.17) is 9.47 Å². The summed E-state index contributed by atoms with van der Waals surface area (Å²) in [6.07, 6.45) is 0.183. The number of rotatable bonds is 8. The van der Waals surface area contributed by atoms with Crippen LogP contribution in [0.3, 0.4) is 0 Å². The molecule has 0 bridgehead atoms. The van der Waals surface area contributed by atoms with Gasteiger partial charge in [0.15, 0.2) is 0 Å². The number of hydrogen-bond acceptors (Lipinski definition) is 3. The maximum Gasteiger partial charge on any atom is 0.148 e. The minimum absolute atomic E-state index is 0.407. The van der Waals surface area contributed by atoms with Gasteiger partial charge in [-0.3, -0.25) is 0 Å². The SMILES string of the molecule is CC(C)COC(C#N)Cc1ccc(OCc2cc3ccccc3n2C)cc1. The van der Waals surface area contributed by atoms with E-state index >= 15 is 0 Å².